The van der Waals surface area contributed by atoms with E-state index in [1.165, 1.54) is 12.2 Å². The summed E-state index contributed by atoms with van der Waals surface area (Å²) >= 11 is 7.75. The summed E-state index contributed by atoms with van der Waals surface area (Å²) in [5.41, 5.74) is 1.13. The van der Waals surface area contributed by atoms with Crippen molar-refractivity contribution in [1.82, 2.24) is 5.32 Å². The van der Waals surface area contributed by atoms with Crippen LogP contribution in [-0.2, 0) is 4.79 Å². The van der Waals surface area contributed by atoms with Crippen molar-refractivity contribution in [3.63, 3.8) is 0 Å². The molecule has 0 aliphatic carbocycles. The predicted octanol–water partition coefficient (Wildman–Crippen LogP) is 3.96. The number of carbonyl (C=O) groups excluding carboxylic acids is 2. The van der Waals surface area contributed by atoms with Gasteiger partial charge in [0.15, 0.2) is 12.4 Å². The quantitative estimate of drug-likeness (QED) is 0.728. The molecule has 1 atom stereocenters. The Balaban J connectivity index is 1.48. The smallest absolute Gasteiger partial charge is 0.257 e. The summed E-state index contributed by atoms with van der Waals surface area (Å²) in [6.45, 7) is 0.670. The third kappa shape index (κ3) is 5.26. The first-order valence-electron chi connectivity index (χ1n) is 8.53. The number of ketones is 1. The first-order valence-corrected chi connectivity index (χ1v) is 9.96. The fourth-order valence-electron chi connectivity index (χ4n) is 2.70. The normalized spacial score (nSPS) is 16.3. The van der Waals surface area contributed by atoms with E-state index in [0.717, 1.165) is 6.42 Å². The molecule has 0 radical (unpaired) electrons. The van der Waals surface area contributed by atoms with Gasteiger partial charge in [0, 0.05) is 27.9 Å². The molecule has 1 saturated heterocycles. The molecule has 0 spiro atoms. The van der Waals surface area contributed by atoms with E-state index >= 15 is 0 Å². The fraction of sp³-hybridized carbons (Fsp3) is 0.300. The Morgan fingerprint density at radius 1 is 1.08 bits per heavy atom. The minimum atomic E-state index is -0.126. The van der Waals surface area contributed by atoms with Crippen molar-refractivity contribution in [1.29, 1.82) is 0 Å². The molecule has 0 saturated carbocycles. The number of benzene rings is 2. The summed E-state index contributed by atoms with van der Waals surface area (Å²) in [5.74, 6) is 1.53. The first kappa shape index (κ1) is 18.8. The van der Waals surface area contributed by atoms with E-state index in [2.05, 4.69) is 5.32 Å². The van der Waals surface area contributed by atoms with Gasteiger partial charge in [-0.05, 0) is 67.1 Å². The Morgan fingerprint density at radius 3 is 2.35 bits per heavy atom. The highest BCUT2D eigenvalue weighted by atomic mass is 35.5. The Bertz CT molecular complexity index is 756. The lowest BCUT2D eigenvalue weighted by molar-refractivity contribution is -0.123. The van der Waals surface area contributed by atoms with Crippen LogP contribution in [0, 0.1) is 0 Å². The summed E-state index contributed by atoms with van der Waals surface area (Å²) in [6, 6.07) is 13.6. The lowest BCUT2D eigenvalue weighted by Gasteiger charge is -2.11. The zero-order chi connectivity index (χ0) is 18.4. The molecule has 1 heterocycles. The number of ether oxygens (including phenoxy) is 1. The minimum Gasteiger partial charge on any atom is -0.484 e. The second kappa shape index (κ2) is 9.10. The van der Waals surface area contributed by atoms with Crippen LogP contribution in [0.4, 0.5) is 0 Å². The monoisotopic (exact) mass is 389 g/mol. The summed E-state index contributed by atoms with van der Waals surface area (Å²) in [5, 5.41) is 4.02. The molecule has 26 heavy (non-hydrogen) atoms. The fourth-order valence-corrected chi connectivity index (χ4v) is 4.03. The summed E-state index contributed by atoms with van der Waals surface area (Å²) in [7, 11) is 0. The van der Waals surface area contributed by atoms with Crippen molar-refractivity contribution in [2.45, 2.75) is 18.1 Å². The Labute approximate surface area is 162 Å². The van der Waals surface area contributed by atoms with Crippen LogP contribution in [0.3, 0.4) is 0 Å². The molecular formula is C20H20ClNO3S. The Hall–Kier alpha value is -1.98. The maximum absolute atomic E-state index is 12.4. The van der Waals surface area contributed by atoms with Crippen LogP contribution in [0.1, 0.15) is 28.8 Å². The molecule has 4 nitrogen and oxygen atoms in total. The molecule has 1 aliphatic rings. The molecule has 2 aromatic carbocycles. The SMILES string of the molecule is O=C(COc1ccc(C(=O)c2ccc(Cl)cc2)cc1)NC[C@H]1CCCS1. The van der Waals surface area contributed by atoms with E-state index in [4.69, 9.17) is 16.3 Å². The molecule has 1 fully saturated rings. The van der Waals surface area contributed by atoms with Crippen LogP contribution in [0.5, 0.6) is 5.75 Å². The number of hydrogen-bond acceptors (Lipinski definition) is 4. The molecule has 0 bridgehead atoms. The van der Waals surface area contributed by atoms with Gasteiger partial charge in [-0.25, -0.2) is 0 Å². The van der Waals surface area contributed by atoms with Crippen LogP contribution in [0.15, 0.2) is 48.5 Å². The van der Waals surface area contributed by atoms with E-state index in [9.17, 15) is 9.59 Å². The van der Waals surface area contributed by atoms with E-state index in [-0.39, 0.29) is 18.3 Å². The summed E-state index contributed by atoms with van der Waals surface area (Å²) in [6.07, 6.45) is 2.39. The molecule has 0 unspecified atom stereocenters. The summed E-state index contributed by atoms with van der Waals surface area (Å²) < 4.78 is 5.49. The Morgan fingerprint density at radius 2 is 1.73 bits per heavy atom. The van der Waals surface area contributed by atoms with Crippen molar-refractivity contribution < 1.29 is 14.3 Å². The van der Waals surface area contributed by atoms with Gasteiger partial charge in [-0.3, -0.25) is 9.59 Å². The Kier molecular flexibility index (Phi) is 6.58. The van der Waals surface area contributed by atoms with Crippen molar-refractivity contribution in [3.05, 3.63) is 64.7 Å². The van der Waals surface area contributed by atoms with Crippen LogP contribution in [0.2, 0.25) is 5.02 Å². The van der Waals surface area contributed by atoms with E-state index < -0.39 is 0 Å². The zero-order valence-corrected chi connectivity index (χ0v) is 15.8. The van der Waals surface area contributed by atoms with Crippen molar-refractivity contribution in [2.75, 3.05) is 18.9 Å². The second-order valence-corrected chi connectivity index (χ2v) is 7.93. The molecule has 3 rings (SSSR count). The molecule has 1 aliphatic heterocycles. The first-order chi connectivity index (χ1) is 12.6. The van der Waals surface area contributed by atoms with Crippen molar-refractivity contribution >= 4 is 35.1 Å². The highest BCUT2D eigenvalue weighted by molar-refractivity contribution is 8.00. The molecule has 0 aromatic heterocycles. The lowest BCUT2D eigenvalue weighted by atomic mass is 10.0. The number of carbonyl (C=O) groups is 2. The minimum absolute atomic E-state index is 0.0259. The molecule has 6 heteroatoms. The molecule has 1 N–H and O–H groups in total. The van der Waals surface area contributed by atoms with Crippen molar-refractivity contribution in [3.8, 4) is 5.75 Å². The van der Waals surface area contributed by atoms with Gasteiger partial charge < -0.3 is 10.1 Å². The zero-order valence-electron chi connectivity index (χ0n) is 14.2. The second-order valence-electron chi connectivity index (χ2n) is 6.09. The number of hydrogen-bond donors (Lipinski definition) is 1. The van der Waals surface area contributed by atoms with E-state index in [0.29, 0.717) is 33.7 Å². The third-order valence-electron chi connectivity index (χ3n) is 4.14. The molecule has 1 amide bonds. The highest BCUT2D eigenvalue weighted by Crippen LogP contribution is 2.25. The maximum atomic E-state index is 12.4. The van der Waals surface area contributed by atoms with Gasteiger partial charge >= 0.3 is 0 Å². The average molecular weight is 390 g/mol. The van der Waals surface area contributed by atoms with Gasteiger partial charge in [-0.1, -0.05) is 11.6 Å². The van der Waals surface area contributed by atoms with Crippen LogP contribution >= 0.6 is 23.4 Å². The molecular weight excluding hydrogens is 370 g/mol. The van der Waals surface area contributed by atoms with Gasteiger partial charge in [0.25, 0.3) is 5.91 Å². The highest BCUT2D eigenvalue weighted by Gasteiger charge is 2.16. The average Bonchev–Trinajstić information content (AvgIpc) is 3.19. The number of thioether (sulfide) groups is 1. The van der Waals surface area contributed by atoms with Gasteiger partial charge in [-0.2, -0.15) is 11.8 Å². The molecule has 2 aromatic rings. The number of amides is 1. The largest absolute Gasteiger partial charge is 0.484 e. The van der Waals surface area contributed by atoms with Gasteiger partial charge in [0.2, 0.25) is 0 Å². The van der Waals surface area contributed by atoms with Crippen LogP contribution in [-0.4, -0.2) is 35.8 Å². The van der Waals surface area contributed by atoms with Gasteiger partial charge in [0.1, 0.15) is 5.75 Å². The topological polar surface area (TPSA) is 55.4 Å². The molecule has 136 valence electrons. The van der Waals surface area contributed by atoms with E-state index in [1.54, 1.807) is 48.5 Å². The lowest BCUT2D eigenvalue weighted by Crippen LogP contribution is -2.33. The summed E-state index contributed by atoms with van der Waals surface area (Å²) in [4.78, 5) is 24.2. The third-order valence-corrected chi connectivity index (χ3v) is 5.79. The van der Waals surface area contributed by atoms with Crippen molar-refractivity contribution in [2.24, 2.45) is 0 Å². The van der Waals surface area contributed by atoms with Crippen LogP contribution in [0.25, 0.3) is 0 Å². The van der Waals surface area contributed by atoms with E-state index in [1.807, 2.05) is 11.8 Å². The number of rotatable bonds is 7. The number of nitrogens with one attached hydrogen (secondary N) is 1. The maximum Gasteiger partial charge on any atom is 0.257 e. The number of halogens is 1. The standard InChI is InChI=1S/C20H20ClNO3S/c21-16-7-3-14(4-8-16)20(24)15-5-9-17(10-6-15)25-13-19(23)22-12-18-2-1-11-26-18/h3-10,18H,1-2,11-13H2,(H,22,23)/t18-/m1/s1. The predicted molar refractivity (Wildman–Crippen MR) is 105 cm³/mol. The van der Waals surface area contributed by atoms with Gasteiger partial charge in [-0.15, -0.1) is 0 Å². The van der Waals surface area contributed by atoms with Gasteiger partial charge in [0.05, 0.1) is 0 Å². The van der Waals surface area contributed by atoms with Crippen LogP contribution < -0.4 is 10.1 Å².